The van der Waals surface area contributed by atoms with Crippen LogP contribution in [0, 0.1) is 5.92 Å². The molecular weight excluding hydrogens is 488 g/mol. The molecule has 2 saturated heterocycles. The van der Waals surface area contributed by atoms with E-state index in [1.165, 1.54) is 7.11 Å². The Hall–Kier alpha value is -2.11. The Morgan fingerprint density at radius 1 is 1.25 bits per heavy atom. The van der Waals surface area contributed by atoms with Crippen molar-refractivity contribution < 1.29 is 28.5 Å². The van der Waals surface area contributed by atoms with E-state index in [4.69, 9.17) is 25.8 Å². The lowest BCUT2D eigenvalue weighted by molar-refractivity contribution is -0.105. The number of alkyl carbamates (subject to hydrolysis) is 1. The van der Waals surface area contributed by atoms with Gasteiger partial charge in [0, 0.05) is 43.9 Å². The van der Waals surface area contributed by atoms with Crippen molar-refractivity contribution in [3.63, 3.8) is 0 Å². The molecule has 2 aliphatic heterocycles. The van der Waals surface area contributed by atoms with Gasteiger partial charge in [0.05, 0.1) is 26.9 Å². The minimum absolute atomic E-state index is 0.0382. The number of morpholine rings is 1. The number of nitrogens with zero attached hydrogens (tertiary/aromatic N) is 1. The third-order valence-electron chi connectivity index (χ3n) is 6.49. The third-order valence-corrected chi connectivity index (χ3v) is 6.72. The van der Waals surface area contributed by atoms with Gasteiger partial charge in [0.1, 0.15) is 12.2 Å². The van der Waals surface area contributed by atoms with E-state index in [1.54, 1.807) is 11.0 Å². The van der Waals surface area contributed by atoms with E-state index in [9.17, 15) is 9.59 Å². The van der Waals surface area contributed by atoms with Gasteiger partial charge < -0.3 is 39.8 Å². The van der Waals surface area contributed by atoms with Crippen LogP contribution in [0.15, 0.2) is 24.3 Å². The van der Waals surface area contributed by atoms with E-state index < -0.39 is 12.2 Å². The van der Waals surface area contributed by atoms with Crippen molar-refractivity contribution in [3.05, 3.63) is 34.9 Å². The fourth-order valence-corrected chi connectivity index (χ4v) is 4.84. The summed E-state index contributed by atoms with van der Waals surface area (Å²) >= 11 is 6.24. The molecule has 0 radical (unpaired) electrons. The molecule has 3 rings (SSSR count). The normalized spacial score (nSPS) is 20.4. The number of halogens is 1. The standard InChI is InChI=1S/C25H39ClN4O6/c1-27-16-21(14-18-6-10-34-11-7-18)29-24(31)30-9-13-35-22(17-30)23(19-4-3-5-20(26)15-19)36-12-8-28-25(32)33-2/h3-5,15,18,21-23,27H,6-14,16-17H2,1-2H3,(H,28,32)(H,29,31). The predicted molar refractivity (Wildman–Crippen MR) is 136 cm³/mol. The zero-order chi connectivity index (χ0) is 25.8. The number of urea groups is 1. The minimum atomic E-state index is -0.522. The number of hydrogen-bond acceptors (Lipinski definition) is 7. The van der Waals surface area contributed by atoms with Crippen molar-refractivity contribution in [3.8, 4) is 0 Å². The number of rotatable bonds is 11. The number of ether oxygens (including phenoxy) is 4. The monoisotopic (exact) mass is 526 g/mol. The van der Waals surface area contributed by atoms with E-state index in [0.29, 0.717) is 37.2 Å². The molecule has 0 aromatic heterocycles. The first kappa shape index (κ1) is 28.5. The van der Waals surface area contributed by atoms with Gasteiger partial charge in [-0.1, -0.05) is 23.7 Å². The summed E-state index contributed by atoms with van der Waals surface area (Å²) in [6, 6.07) is 7.34. The molecule has 1 aromatic rings. The van der Waals surface area contributed by atoms with E-state index in [-0.39, 0.29) is 31.3 Å². The Balaban J connectivity index is 1.62. The van der Waals surface area contributed by atoms with Crippen LogP contribution in [0.5, 0.6) is 0 Å². The molecule has 2 aliphatic rings. The van der Waals surface area contributed by atoms with Crippen LogP contribution < -0.4 is 16.0 Å². The molecule has 0 bridgehead atoms. The van der Waals surface area contributed by atoms with Crippen LogP contribution in [0.3, 0.4) is 0 Å². The summed E-state index contributed by atoms with van der Waals surface area (Å²) in [5.41, 5.74) is 0.848. The lowest BCUT2D eigenvalue weighted by Crippen LogP contribution is -2.54. The number of carbonyl (C=O) groups is 2. The molecule has 202 valence electrons. The number of likely N-dealkylation sites (N-methyl/N-ethyl adjacent to an activating group) is 1. The average molecular weight is 527 g/mol. The zero-order valence-electron chi connectivity index (χ0n) is 21.2. The second kappa shape index (κ2) is 15.2. The molecule has 3 unspecified atom stereocenters. The summed E-state index contributed by atoms with van der Waals surface area (Å²) in [5.74, 6) is 0.550. The number of benzene rings is 1. The van der Waals surface area contributed by atoms with E-state index in [1.807, 2.05) is 25.2 Å². The molecule has 10 nitrogen and oxygen atoms in total. The molecule has 36 heavy (non-hydrogen) atoms. The number of hydrogen-bond donors (Lipinski definition) is 3. The lowest BCUT2D eigenvalue weighted by atomic mass is 9.92. The molecule has 3 amide bonds. The van der Waals surface area contributed by atoms with Crippen molar-refractivity contribution in [2.24, 2.45) is 5.92 Å². The van der Waals surface area contributed by atoms with Crippen molar-refractivity contribution in [1.82, 2.24) is 20.9 Å². The van der Waals surface area contributed by atoms with Gasteiger partial charge in [0.25, 0.3) is 0 Å². The molecule has 0 aliphatic carbocycles. The van der Waals surface area contributed by atoms with Crippen molar-refractivity contribution >= 4 is 23.7 Å². The molecule has 2 heterocycles. The van der Waals surface area contributed by atoms with Gasteiger partial charge in [0.2, 0.25) is 0 Å². The molecule has 11 heteroatoms. The first-order chi connectivity index (χ1) is 17.5. The van der Waals surface area contributed by atoms with Crippen LogP contribution in [0.1, 0.15) is 30.9 Å². The van der Waals surface area contributed by atoms with Gasteiger partial charge in [-0.25, -0.2) is 9.59 Å². The highest BCUT2D eigenvalue weighted by Gasteiger charge is 2.33. The molecule has 0 spiro atoms. The summed E-state index contributed by atoms with van der Waals surface area (Å²) in [6.07, 6.45) is 1.60. The molecular formula is C25H39ClN4O6. The van der Waals surface area contributed by atoms with Gasteiger partial charge in [-0.15, -0.1) is 0 Å². The first-order valence-electron chi connectivity index (χ1n) is 12.6. The lowest BCUT2D eigenvalue weighted by Gasteiger charge is -2.38. The van der Waals surface area contributed by atoms with Gasteiger partial charge in [0.15, 0.2) is 0 Å². The Labute approximate surface area is 218 Å². The minimum Gasteiger partial charge on any atom is -0.453 e. The van der Waals surface area contributed by atoms with Crippen molar-refractivity contribution in [1.29, 1.82) is 0 Å². The third kappa shape index (κ3) is 9.08. The van der Waals surface area contributed by atoms with Crippen LogP contribution in [0.4, 0.5) is 9.59 Å². The highest BCUT2D eigenvalue weighted by atomic mass is 35.5. The smallest absolute Gasteiger partial charge is 0.406 e. The fraction of sp³-hybridized carbons (Fsp3) is 0.680. The summed E-state index contributed by atoms with van der Waals surface area (Å²) in [6.45, 7) is 4.07. The number of carbonyl (C=O) groups excluding carboxylic acids is 2. The van der Waals surface area contributed by atoms with Gasteiger partial charge in [-0.05, 0) is 49.9 Å². The first-order valence-corrected chi connectivity index (χ1v) is 13.0. The summed E-state index contributed by atoms with van der Waals surface area (Å²) in [5, 5.41) is 9.61. The molecule has 0 saturated carbocycles. The van der Waals surface area contributed by atoms with Crippen molar-refractivity contribution in [2.45, 2.75) is 37.5 Å². The van der Waals surface area contributed by atoms with Crippen LogP contribution in [-0.4, -0.2) is 95.9 Å². The van der Waals surface area contributed by atoms with Crippen LogP contribution in [0.2, 0.25) is 5.02 Å². The summed E-state index contributed by atoms with van der Waals surface area (Å²) in [4.78, 5) is 26.4. The number of amides is 3. The van der Waals surface area contributed by atoms with E-state index >= 15 is 0 Å². The summed E-state index contributed by atoms with van der Waals surface area (Å²) in [7, 11) is 3.21. The number of methoxy groups -OCH3 is 1. The van der Waals surface area contributed by atoms with E-state index in [0.717, 1.165) is 38.0 Å². The number of nitrogens with one attached hydrogen (secondary N) is 3. The molecule has 3 atom stereocenters. The summed E-state index contributed by atoms with van der Waals surface area (Å²) < 4.78 is 22.3. The van der Waals surface area contributed by atoms with Crippen LogP contribution >= 0.6 is 11.6 Å². The quantitative estimate of drug-likeness (QED) is 0.380. The Morgan fingerprint density at radius 3 is 2.78 bits per heavy atom. The maximum Gasteiger partial charge on any atom is 0.406 e. The topological polar surface area (TPSA) is 110 Å². The van der Waals surface area contributed by atoms with Gasteiger partial charge in [-0.2, -0.15) is 0 Å². The highest BCUT2D eigenvalue weighted by molar-refractivity contribution is 6.30. The fourth-order valence-electron chi connectivity index (χ4n) is 4.65. The SMILES string of the molecule is CNCC(CC1CCOCC1)NC(=O)N1CCOC(C(OCCNC(=O)OC)c2cccc(Cl)c2)C1. The van der Waals surface area contributed by atoms with Crippen molar-refractivity contribution in [2.75, 3.05) is 66.8 Å². The predicted octanol–water partition coefficient (Wildman–Crippen LogP) is 2.57. The Morgan fingerprint density at radius 2 is 2.06 bits per heavy atom. The largest absolute Gasteiger partial charge is 0.453 e. The van der Waals surface area contributed by atoms with Gasteiger partial charge in [-0.3, -0.25) is 0 Å². The maximum atomic E-state index is 13.2. The van der Waals surface area contributed by atoms with Crippen LogP contribution in [0.25, 0.3) is 0 Å². The molecule has 3 N–H and O–H groups in total. The average Bonchev–Trinajstić information content (AvgIpc) is 2.89. The maximum absolute atomic E-state index is 13.2. The molecule has 1 aromatic carbocycles. The Kier molecular flexibility index (Phi) is 12.0. The Bertz CT molecular complexity index is 825. The van der Waals surface area contributed by atoms with Gasteiger partial charge >= 0.3 is 12.1 Å². The van der Waals surface area contributed by atoms with Crippen LogP contribution in [-0.2, 0) is 18.9 Å². The zero-order valence-corrected chi connectivity index (χ0v) is 21.9. The van der Waals surface area contributed by atoms with E-state index in [2.05, 4.69) is 20.7 Å². The molecule has 2 fully saturated rings. The second-order valence-electron chi connectivity index (χ2n) is 9.12. The highest BCUT2D eigenvalue weighted by Crippen LogP contribution is 2.28. The second-order valence-corrected chi connectivity index (χ2v) is 9.55.